The number of amides is 3. The number of nitrogens with zero attached hydrogens (tertiary/aromatic N) is 3. The molecule has 1 aliphatic rings. The van der Waals surface area contributed by atoms with Crippen LogP contribution in [0.4, 0.5) is 14.5 Å². The minimum absolute atomic E-state index is 0.0114. The van der Waals surface area contributed by atoms with Crippen molar-refractivity contribution >= 4 is 56.6 Å². The molecule has 0 unspecified atom stereocenters. The van der Waals surface area contributed by atoms with Crippen LogP contribution in [0.25, 0.3) is 21.3 Å². The Morgan fingerprint density at radius 2 is 1.89 bits per heavy atom. The van der Waals surface area contributed by atoms with Crippen molar-refractivity contribution in [2.45, 2.75) is 25.2 Å². The third kappa shape index (κ3) is 4.34. The number of anilines is 1. The van der Waals surface area contributed by atoms with E-state index in [9.17, 15) is 14.4 Å². The molecule has 0 spiro atoms. The highest BCUT2D eigenvalue weighted by Gasteiger charge is 2.50. The van der Waals surface area contributed by atoms with E-state index in [1.807, 2.05) is 0 Å². The fourth-order valence-corrected chi connectivity index (χ4v) is 5.59. The average molecular weight is 544 g/mol. The summed E-state index contributed by atoms with van der Waals surface area (Å²) in [5.41, 5.74) is 6.20. The molecule has 2 aromatic carbocycles. The van der Waals surface area contributed by atoms with E-state index in [1.165, 1.54) is 34.2 Å². The molecule has 1 atom stereocenters. The van der Waals surface area contributed by atoms with Gasteiger partial charge in [0.25, 0.3) is 17.6 Å². The lowest BCUT2D eigenvalue weighted by molar-refractivity contribution is -0.153. The highest BCUT2D eigenvalue weighted by molar-refractivity contribution is 7.17. The van der Waals surface area contributed by atoms with Crippen LogP contribution in [-0.2, 0) is 16.1 Å². The van der Waals surface area contributed by atoms with Crippen molar-refractivity contribution in [1.82, 2.24) is 14.7 Å². The van der Waals surface area contributed by atoms with Crippen molar-refractivity contribution in [3.8, 4) is 11.1 Å². The molecule has 4 aromatic rings. The molecule has 1 aliphatic heterocycles. The van der Waals surface area contributed by atoms with E-state index in [1.54, 1.807) is 35.7 Å². The zero-order valence-electron chi connectivity index (χ0n) is 19.2. The molecule has 0 saturated carbocycles. The fraction of sp³-hybridized carbons (Fsp3) is 0.200. The van der Waals surface area contributed by atoms with Crippen molar-refractivity contribution in [3.63, 3.8) is 0 Å². The number of primary amides is 1. The van der Waals surface area contributed by atoms with Gasteiger partial charge in [-0.15, -0.1) is 11.3 Å². The molecular formula is C25H20ClF2N5O3S. The molecule has 5 rings (SSSR count). The van der Waals surface area contributed by atoms with Crippen LogP contribution >= 0.6 is 22.9 Å². The van der Waals surface area contributed by atoms with Gasteiger partial charge in [0.15, 0.2) is 11.5 Å². The molecule has 37 heavy (non-hydrogen) atoms. The Kier molecular flexibility index (Phi) is 6.42. The Morgan fingerprint density at radius 3 is 2.65 bits per heavy atom. The van der Waals surface area contributed by atoms with Gasteiger partial charge < -0.3 is 16.0 Å². The maximum absolute atomic E-state index is 16.1. The van der Waals surface area contributed by atoms with E-state index in [2.05, 4.69) is 10.4 Å². The number of carbonyl (C=O) groups excluding carboxylic acids is 3. The van der Waals surface area contributed by atoms with E-state index in [0.29, 0.717) is 20.8 Å². The van der Waals surface area contributed by atoms with Crippen LogP contribution in [-0.4, -0.2) is 44.7 Å². The number of alkyl halides is 1. The van der Waals surface area contributed by atoms with Gasteiger partial charge in [0, 0.05) is 29.1 Å². The molecule has 3 heterocycles. The molecule has 12 heteroatoms. The fourth-order valence-electron chi connectivity index (χ4n) is 4.47. The largest absolute Gasteiger partial charge is 0.364 e. The molecule has 3 N–H and O–H groups in total. The molecule has 2 aromatic heterocycles. The van der Waals surface area contributed by atoms with Gasteiger partial charge in [-0.2, -0.15) is 5.10 Å². The van der Waals surface area contributed by atoms with Crippen molar-refractivity contribution in [3.05, 3.63) is 70.4 Å². The van der Waals surface area contributed by atoms with E-state index < -0.39 is 35.9 Å². The number of halogens is 3. The van der Waals surface area contributed by atoms with Crippen LogP contribution < -0.4 is 11.1 Å². The zero-order valence-corrected chi connectivity index (χ0v) is 20.8. The summed E-state index contributed by atoms with van der Waals surface area (Å²) < 4.78 is 33.2. The molecule has 0 radical (unpaired) electrons. The molecule has 1 fully saturated rings. The van der Waals surface area contributed by atoms with Crippen LogP contribution in [0, 0.1) is 5.82 Å². The van der Waals surface area contributed by atoms with Gasteiger partial charge in [0.2, 0.25) is 5.91 Å². The summed E-state index contributed by atoms with van der Waals surface area (Å²) in [7, 11) is 0. The zero-order chi connectivity index (χ0) is 26.3. The first-order chi connectivity index (χ1) is 17.7. The van der Waals surface area contributed by atoms with E-state index in [-0.39, 0.29) is 36.3 Å². The Balaban J connectivity index is 1.38. The summed E-state index contributed by atoms with van der Waals surface area (Å²) in [6, 6.07) is 12.6. The van der Waals surface area contributed by atoms with Crippen LogP contribution in [0.3, 0.4) is 0 Å². The quantitative estimate of drug-likeness (QED) is 0.347. The average Bonchev–Trinajstić information content (AvgIpc) is 3.58. The molecule has 0 aliphatic carbocycles. The number of benzene rings is 2. The number of likely N-dealkylation sites (tertiary alicyclic amines) is 1. The summed E-state index contributed by atoms with van der Waals surface area (Å²) in [5, 5.41) is 8.44. The van der Waals surface area contributed by atoms with Crippen molar-refractivity contribution in [2.75, 3.05) is 11.9 Å². The number of hydrogen-bond donors (Lipinski definition) is 2. The summed E-state index contributed by atoms with van der Waals surface area (Å²) in [6.07, 6.45) is -0.0206. The number of aromatic nitrogens is 2. The summed E-state index contributed by atoms with van der Waals surface area (Å²) in [5.74, 6) is -6.10. The first-order valence-electron chi connectivity index (χ1n) is 11.3. The Hall–Kier alpha value is -3.83. The monoisotopic (exact) mass is 543 g/mol. The van der Waals surface area contributed by atoms with Gasteiger partial charge in [-0.05, 0) is 30.0 Å². The van der Waals surface area contributed by atoms with Crippen LogP contribution in [0.15, 0.2) is 53.9 Å². The maximum atomic E-state index is 16.1. The first kappa shape index (κ1) is 24.8. The summed E-state index contributed by atoms with van der Waals surface area (Å²) >= 11 is 7.43. The topological polar surface area (TPSA) is 110 Å². The highest BCUT2D eigenvalue weighted by Crippen LogP contribution is 2.36. The second-order valence-electron chi connectivity index (χ2n) is 8.51. The van der Waals surface area contributed by atoms with Crippen LogP contribution in [0.1, 0.15) is 23.3 Å². The minimum Gasteiger partial charge on any atom is -0.364 e. The molecule has 8 nitrogen and oxygen atoms in total. The second kappa shape index (κ2) is 9.56. The molecular weight excluding hydrogens is 524 g/mol. The predicted molar refractivity (Wildman–Crippen MR) is 136 cm³/mol. The van der Waals surface area contributed by atoms with Crippen molar-refractivity contribution in [2.24, 2.45) is 5.73 Å². The number of rotatable bonds is 6. The number of carbonyl (C=O) groups is 3. The van der Waals surface area contributed by atoms with E-state index in [0.717, 1.165) is 4.90 Å². The maximum Gasteiger partial charge on any atom is 0.283 e. The second-order valence-corrected chi connectivity index (χ2v) is 9.84. The molecule has 0 bridgehead atoms. The van der Waals surface area contributed by atoms with E-state index >= 15 is 8.78 Å². The predicted octanol–water partition coefficient (Wildman–Crippen LogP) is 4.58. The molecule has 3 amide bonds. The van der Waals surface area contributed by atoms with Gasteiger partial charge in [0.05, 0.1) is 15.9 Å². The number of thiophene rings is 1. The Morgan fingerprint density at radius 1 is 1.14 bits per heavy atom. The van der Waals surface area contributed by atoms with Gasteiger partial charge in [0.1, 0.15) is 6.54 Å². The smallest absolute Gasteiger partial charge is 0.283 e. The molecule has 190 valence electrons. The van der Waals surface area contributed by atoms with E-state index in [4.69, 9.17) is 17.3 Å². The summed E-state index contributed by atoms with van der Waals surface area (Å²) in [4.78, 5) is 38.7. The normalized spacial score (nSPS) is 17.3. The van der Waals surface area contributed by atoms with Gasteiger partial charge in [-0.3, -0.25) is 19.1 Å². The lowest BCUT2D eigenvalue weighted by Crippen LogP contribution is -2.53. The SMILES string of the molecule is NC(=O)c1nn(CC(=O)N2CCC[C@]2(F)C(=O)Nc2cccc(-c3ccccc3Cl)c2F)c2ccsc12. The number of hydrogen-bond acceptors (Lipinski definition) is 5. The third-order valence-corrected chi connectivity index (χ3v) is 7.49. The molecule has 1 saturated heterocycles. The van der Waals surface area contributed by atoms with Gasteiger partial charge in [-0.1, -0.05) is 41.9 Å². The lowest BCUT2D eigenvalue weighted by Gasteiger charge is -2.30. The lowest BCUT2D eigenvalue weighted by atomic mass is 10.0. The van der Waals surface area contributed by atoms with Crippen molar-refractivity contribution in [1.29, 1.82) is 0 Å². The van der Waals surface area contributed by atoms with Gasteiger partial charge >= 0.3 is 0 Å². The third-order valence-electron chi connectivity index (χ3n) is 6.25. The summed E-state index contributed by atoms with van der Waals surface area (Å²) in [6.45, 7) is -0.419. The Labute approximate surface area is 218 Å². The number of nitrogens with one attached hydrogen (secondary N) is 1. The highest BCUT2D eigenvalue weighted by atomic mass is 35.5. The van der Waals surface area contributed by atoms with Crippen LogP contribution in [0.2, 0.25) is 5.02 Å². The van der Waals surface area contributed by atoms with Crippen LogP contribution in [0.5, 0.6) is 0 Å². The number of nitrogens with two attached hydrogens (primary N) is 1. The number of fused-ring (bicyclic) bond motifs is 1. The Bertz CT molecular complexity index is 1550. The van der Waals surface area contributed by atoms with Gasteiger partial charge in [-0.25, -0.2) is 8.78 Å². The first-order valence-corrected chi connectivity index (χ1v) is 12.5. The van der Waals surface area contributed by atoms with Crippen molar-refractivity contribution < 1.29 is 23.2 Å². The minimum atomic E-state index is -2.70. The standard InChI is InChI=1S/C25H20ClF2N5O3S/c26-16-7-2-1-5-14(16)15-6-3-8-17(20(15)27)30-24(36)25(28)10-4-11-32(25)19(34)13-33-18-9-12-37-22(18)21(31-33)23(29)35/h1-3,5-9,12H,4,10-11,13H2,(H2,29,35)(H,30,36)/t25-/m1/s1.